The Bertz CT molecular complexity index is 1970. The zero-order chi connectivity index (χ0) is 32.4. The molecule has 0 bridgehead atoms. The van der Waals surface area contributed by atoms with E-state index in [9.17, 15) is 23.9 Å². The number of ether oxygens (including phenoxy) is 1. The lowest BCUT2D eigenvalue weighted by atomic mass is 10.1. The quantitative estimate of drug-likeness (QED) is 0.233. The minimum Gasteiger partial charge on any atom is -0.497 e. The maximum atomic E-state index is 15.5. The van der Waals surface area contributed by atoms with E-state index in [4.69, 9.17) is 4.74 Å². The second kappa shape index (κ2) is 12.8. The Morgan fingerprint density at radius 2 is 1.57 bits per heavy atom. The summed E-state index contributed by atoms with van der Waals surface area (Å²) in [5.74, 6) is -2.05. The molecule has 1 aromatic heterocycles. The summed E-state index contributed by atoms with van der Waals surface area (Å²) in [5.41, 5.74) is 1.97. The molecule has 0 spiro atoms. The highest BCUT2D eigenvalue weighted by molar-refractivity contribution is 6.04. The first-order chi connectivity index (χ1) is 22.2. The summed E-state index contributed by atoms with van der Waals surface area (Å²) in [4.78, 5) is 41.6. The van der Waals surface area contributed by atoms with Crippen LogP contribution in [0.5, 0.6) is 5.75 Å². The van der Waals surface area contributed by atoms with Crippen LogP contribution < -0.4 is 20.4 Å². The molecule has 4 aromatic carbocycles. The fraction of sp³-hybridized carbons (Fsp3) is 0.171. The molecule has 234 valence electrons. The lowest BCUT2D eigenvalue weighted by Gasteiger charge is -2.36. The summed E-state index contributed by atoms with van der Waals surface area (Å²) < 4.78 is 35.7. The van der Waals surface area contributed by atoms with Gasteiger partial charge in [0, 0.05) is 61.2 Å². The number of methoxy groups -OCH3 is 1. The van der Waals surface area contributed by atoms with Crippen molar-refractivity contribution in [3.8, 4) is 11.4 Å². The molecule has 1 aliphatic rings. The number of hydrogen-bond acceptors (Lipinski definition) is 6. The van der Waals surface area contributed by atoms with E-state index >= 15 is 4.39 Å². The number of carboxylic acids is 1. The Hall–Kier alpha value is -5.55. The average molecular weight is 625 g/mol. The second-order valence-corrected chi connectivity index (χ2v) is 11.0. The third kappa shape index (κ3) is 6.31. The van der Waals surface area contributed by atoms with Gasteiger partial charge in [0.2, 0.25) is 5.43 Å². The summed E-state index contributed by atoms with van der Waals surface area (Å²) in [6.45, 7) is 2.95. The smallest absolute Gasteiger partial charge is 0.341 e. The lowest BCUT2D eigenvalue weighted by molar-refractivity contribution is 0.0694. The number of hydrogen-bond donors (Lipinski definition) is 2. The highest BCUT2D eigenvalue weighted by atomic mass is 19.1. The SMILES string of the molecule is COc1ccc(NC(=O)c2ccc(CN3CCN(c4cc5c(cc4F)c(=O)c(C(=O)O)cn5-c4ccc(F)cc4)CC3)cc2)cc1. The molecule has 0 atom stereocenters. The number of anilines is 2. The van der Waals surface area contributed by atoms with Crippen molar-refractivity contribution in [1.29, 1.82) is 0 Å². The van der Waals surface area contributed by atoms with E-state index in [-0.39, 0.29) is 17.0 Å². The summed E-state index contributed by atoms with van der Waals surface area (Å²) >= 11 is 0. The van der Waals surface area contributed by atoms with Crippen molar-refractivity contribution in [2.24, 2.45) is 0 Å². The van der Waals surface area contributed by atoms with E-state index in [1.165, 1.54) is 35.0 Å². The van der Waals surface area contributed by atoms with E-state index < -0.39 is 28.6 Å². The number of aromatic nitrogens is 1. The van der Waals surface area contributed by atoms with Crippen LogP contribution in [-0.2, 0) is 6.54 Å². The first-order valence-electron chi connectivity index (χ1n) is 14.6. The molecule has 0 saturated carbocycles. The Morgan fingerprint density at radius 3 is 2.20 bits per heavy atom. The molecule has 46 heavy (non-hydrogen) atoms. The highest BCUT2D eigenvalue weighted by Gasteiger charge is 2.23. The first-order valence-corrected chi connectivity index (χ1v) is 14.6. The normalized spacial score (nSPS) is 13.5. The lowest BCUT2D eigenvalue weighted by Crippen LogP contribution is -2.46. The second-order valence-electron chi connectivity index (χ2n) is 11.0. The van der Waals surface area contributed by atoms with Gasteiger partial charge in [0.1, 0.15) is 22.9 Å². The van der Waals surface area contributed by atoms with Crippen molar-refractivity contribution in [3.05, 3.63) is 130 Å². The number of fused-ring (bicyclic) bond motifs is 1. The van der Waals surface area contributed by atoms with Crippen LogP contribution in [0, 0.1) is 11.6 Å². The number of amides is 1. The van der Waals surface area contributed by atoms with Crippen LogP contribution in [0.15, 0.2) is 95.9 Å². The molecule has 0 aliphatic carbocycles. The van der Waals surface area contributed by atoms with Gasteiger partial charge in [0.15, 0.2) is 0 Å². The highest BCUT2D eigenvalue weighted by Crippen LogP contribution is 2.28. The third-order valence-corrected chi connectivity index (χ3v) is 8.09. The Balaban J connectivity index is 1.15. The molecule has 6 rings (SSSR count). The van der Waals surface area contributed by atoms with Gasteiger partial charge in [-0.2, -0.15) is 0 Å². The Kier molecular flexibility index (Phi) is 8.49. The van der Waals surface area contributed by atoms with Crippen LogP contribution in [-0.4, -0.2) is 59.7 Å². The summed E-state index contributed by atoms with van der Waals surface area (Å²) in [6.07, 6.45) is 1.19. The van der Waals surface area contributed by atoms with Crippen LogP contribution >= 0.6 is 0 Å². The van der Waals surface area contributed by atoms with Crippen LogP contribution in [0.3, 0.4) is 0 Å². The van der Waals surface area contributed by atoms with Gasteiger partial charge in [0.25, 0.3) is 5.91 Å². The fourth-order valence-electron chi connectivity index (χ4n) is 5.59. The molecule has 2 N–H and O–H groups in total. The molecule has 0 radical (unpaired) electrons. The van der Waals surface area contributed by atoms with E-state index in [1.807, 2.05) is 17.0 Å². The molecule has 1 saturated heterocycles. The predicted molar refractivity (Wildman–Crippen MR) is 171 cm³/mol. The van der Waals surface area contributed by atoms with Gasteiger partial charge in [-0.3, -0.25) is 14.5 Å². The van der Waals surface area contributed by atoms with E-state index in [2.05, 4.69) is 10.2 Å². The molecule has 9 nitrogen and oxygen atoms in total. The van der Waals surface area contributed by atoms with E-state index in [0.29, 0.717) is 60.9 Å². The van der Waals surface area contributed by atoms with Gasteiger partial charge in [-0.15, -0.1) is 0 Å². The Labute approximate surface area is 262 Å². The van der Waals surface area contributed by atoms with Crippen molar-refractivity contribution < 1.29 is 28.2 Å². The van der Waals surface area contributed by atoms with E-state index in [1.54, 1.807) is 49.6 Å². The van der Waals surface area contributed by atoms with Gasteiger partial charge >= 0.3 is 5.97 Å². The molecule has 5 aromatic rings. The molecular formula is C35H30F2N4O5. The molecule has 1 amide bonds. The van der Waals surface area contributed by atoms with Crippen molar-refractivity contribution in [2.45, 2.75) is 6.54 Å². The Morgan fingerprint density at radius 1 is 0.891 bits per heavy atom. The summed E-state index contributed by atoms with van der Waals surface area (Å²) in [7, 11) is 1.58. The van der Waals surface area contributed by atoms with Crippen LogP contribution in [0.4, 0.5) is 20.2 Å². The molecule has 1 fully saturated rings. The fourth-order valence-corrected chi connectivity index (χ4v) is 5.59. The number of piperazine rings is 1. The number of rotatable bonds is 8. The molecule has 1 aliphatic heterocycles. The van der Waals surface area contributed by atoms with Gasteiger partial charge in [0.05, 0.1) is 18.3 Å². The minimum atomic E-state index is -1.44. The maximum Gasteiger partial charge on any atom is 0.341 e. The number of pyridine rings is 1. The van der Waals surface area contributed by atoms with Crippen molar-refractivity contribution >= 4 is 34.2 Å². The van der Waals surface area contributed by atoms with Gasteiger partial charge in [-0.05, 0) is 78.4 Å². The van der Waals surface area contributed by atoms with Gasteiger partial charge < -0.3 is 24.6 Å². The minimum absolute atomic E-state index is 0.0785. The van der Waals surface area contributed by atoms with Crippen LogP contribution in [0.1, 0.15) is 26.3 Å². The number of aromatic carboxylic acids is 1. The number of carbonyl (C=O) groups is 2. The van der Waals surface area contributed by atoms with Crippen LogP contribution in [0.25, 0.3) is 16.6 Å². The summed E-state index contributed by atoms with van der Waals surface area (Å²) in [6, 6.07) is 22.5. The monoisotopic (exact) mass is 624 g/mol. The number of benzene rings is 4. The summed E-state index contributed by atoms with van der Waals surface area (Å²) in [5, 5.41) is 12.4. The van der Waals surface area contributed by atoms with Gasteiger partial charge in [-0.1, -0.05) is 12.1 Å². The molecule has 2 heterocycles. The molecule has 11 heteroatoms. The number of halogens is 2. The van der Waals surface area contributed by atoms with Gasteiger partial charge in [-0.25, -0.2) is 13.6 Å². The largest absolute Gasteiger partial charge is 0.497 e. The topological polar surface area (TPSA) is 104 Å². The maximum absolute atomic E-state index is 15.5. The van der Waals surface area contributed by atoms with E-state index in [0.717, 1.165) is 11.6 Å². The molecule has 0 unspecified atom stereocenters. The number of nitrogens with zero attached hydrogens (tertiary/aromatic N) is 3. The molecular weight excluding hydrogens is 594 g/mol. The van der Waals surface area contributed by atoms with Crippen molar-refractivity contribution in [3.63, 3.8) is 0 Å². The average Bonchev–Trinajstić information content (AvgIpc) is 3.06. The number of carboxylic acid groups (broad SMARTS) is 1. The van der Waals surface area contributed by atoms with Crippen molar-refractivity contribution in [2.75, 3.05) is 43.5 Å². The zero-order valence-electron chi connectivity index (χ0n) is 24.9. The van der Waals surface area contributed by atoms with Crippen molar-refractivity contribution in [1.82, 2.24) is 9.47 Å². The number of carbonyl (C=O) groups excluding carboxylic acids is 1. The number of nitrogens with one attached hydrogen (secondary N) is 1. The standard InChI is InChI=1S/C35H30F2N4O5/c1-46-27-12-8-25(9-13-27)38-34(43)23-4-2-22(3-5-23)20-39-14-16-40(17-15-39)32-19-31-28(18-30(32)37)33(42)29(35(44)45)21-41(31)26-10-6-24(36)7-11-26/h2-13,18-19,21H,14-17,20H2,1H3,(H,38,43)(H,44,45). The third-order valence-electron chi connectivity index (χ3n) is 8.09. The predicted octanol–water partition coefficient (Wildman–Crippen LogP) is 5.55. The van der Waals surface area contributed by atoms with Crippen LogP contribution in [0.2, 0.25) is 0 Å². The zero-order valence-corrected chi connectivity index (χ0v) is 24.9. The first kappa shape index (κ1) is 30.5.